The van der Waals surface area contributed by atoms with Crippen molar-refractivity contribution in [2.75, 3.05) is 19.0 Å². The van der Waals surface area contributed by atoms with Crippen LogP contribution in [0.5, 0.6) is 5.75 Å². The first kappa shape index (κ1) is 16.5. The third-order valence-corrected chi connectivity index (χ3v) is 6.67. The van der Waals surface area contributed by atoms with E-state index in [0.717, 1.165) is 6.42 Å². The van der Waals surface area contributed by atoms with E-state index in [2.05, 4.69) is 17.5 Å². The summed E-state index contributed by atoms with van der Waals surface area (Å²) in [5, 5.41) is 2.80. The quantitative estimate of drug-likeness (QED) is 0.639. The molecule has 6 heteroatoms. The maximum atomic E-state index is 12.9. The number of methoxy groups -OCH3 is 1. The molecule has 1 aromatic rings. The van der Waals surface area contributed by atoms with E-state index in [1.165, 1.54) is 4.90 Å². The first-order chi connectivity index (χ1) is 13.1. The van der Waals surface area contributed by atoms with Crippen LogP contribution >= 0.6 is 0 Å². The van der Waals surface area contributed by atoms with E-state index in [4.69, 9.17) is 4.74 Å². The van der Waals surface area contributed by atoms with Crippen molar-refractivity contribution in [2.24, 2.45) is 35.5 Å². The molecule has 0 unspecified atom stereocenters. The number of benzene rings is 1. The highest BCUT2D eigenvalue weighted by molar-refractivity contribution is 6.06. The number of hydrogen-bond acceptors (Lipinski definition) is 4. The zero-order valence-electron chi connectivity index (χ0n) is 15.1. The van der Waals surface area contributed by atoms with Crippen molar-refractivity contribution >= 4 is 23.4 Å². The zero-order chi connectivity index (χ0) is 18.7. The Labute approximate surface area is 157 Å². The number of hydrogen-bond donors (Lipinski definition) is 1. The highest BCUT2D eigenvalue weighted by Gasteiger charge is 2.66. The molecule has 0 aromatic heterocycles. The van der Waals surface area contributed by atoms with Gasteiger partial charge in [0.1, 0.15) is 5.75 Å². The van der Waals surface area contributed by atoms with Crippen LogP contribution in [0.25, 0.3) is 0 Å². The van der Waals surface area contributed by atoms with E-state index in [1.807, 2.05) is 0 Å². The number of carbonyl (C=O) groups excluding carboxylic acids is 3. The summed E-state index contributed by atoms with van der Waals surface area (Å²) in [4.78, 5) is 39.4. The summed E-state index contributed by atoms with van der Waals surface area (Å²) in [5.74, 6) is 1.51. The van der Waals surface area contributed by atoms with Crippen molar-refractivity contribution in [3.8, 4) is 5.75 Å². The molecule has 5 aliphatic rings. The Morgan fingerprint density at radius 2 is 1.81 bits per heavy atom. The number of imide groups is 1. The standard InChI is InChI=1S/C21H22N2O4/c1-27-12-4-2-3-11(9-12)22-17(24)7-8-23-20(25)18-13-5-6-14(16-10-15(13)16)19(18)21(23)26/h2-6,9,13-16,18-19H,7-8,10H2,1H3,(H,22,24)/t13-,14+,15-,16-,18+,19-/m1/s1. The average molecular weight is 366 g/mol. The summed E-state index contributed by atoms with van der Waals surface area (Å²) in [6.45, 7) is 0.148. The van der Waals surface area contributed by atoms with Crippen LogP contribution in [0.2, 0.25) is 0 Å². The van der Waals surface area contributed by atoms with Gasteiger partial charge in [0.15, 0.2) is 0 Å². The lowest BCUT2D eigenvalue weighted by molar-refractivity contribution is -0.140. The lowest BCUT2D eigenvalue weighted by atomic mass is 9.63. The number of carbonyl (C=O) groups is 3. The highest BCUT2D eigenvalue weighted by atomic mass is 16.5. The number of nitrogens with one attached hydrogen (secondary N) is 1. The van der Waals surface area contributed by atoms with Crippen molar-refractivity contribution in [2.45, 2.75) is 12.8 Å². The smallest absolute Gasteiger partial charge is 0.233 e. The van der Waals surface area contributed by atoms with Crippen LogP contribution in [0.3, 0.4) is 0 Å². The van der Waals surface area contributed by atoms with E-state index in [9.17, 15) is 14.4 Å². The molecule has 1 N–H and O–H groups in total. The van der Waals surface area contributed by atoms with Gasteiger partial charge >= 0.3 is 0 Å². The van der Waals surface area contributed by atoms with Crippen LogP contribution in [-0.4, -0.2) is 36.3 Å². The van der Waals surface area contributed by atoms with Gasteiger partial charge in [-0.2, -0.15) is 0 Å². The van der Waals surface area contributed by atoms with Crippen LogP contribution in [-0.2, 0) is 14.4 Å². The fourth-order valence-electron chi connectivity index (χ4n) is 5.38. The minimum Gasteiger partial charge on any atom is -0.497 e. The van der Waals surface area contributed by atoms with Gasteiger partial charge in [-0.15, -0.1) is 0 Å². The Morgan fingerprint density at radius 3 is 2.44 bits per heavy atom. The SMILES string of the molecule is COc1cccc(NC(=O)CCN2C(=O)[C@@H]3[C@H]4C=C[C@H]([C@H]5C[C@H]45)[C@@H]3C2=O)c1. The normalized spacial score (nSPS) is 35.1. The van der Waals surface area contributed by atoms with E-state index >= 15 is 0 Å². The van der Waals surface area contributed by atoms with Crippen molar-refractivity contribution in [3.05, 3.63) is 36.4 Å². The number of allylic oxidation sites excluding steroid dienone is 2. The zero-order valence-corrected chi connectivity index (χ0v) is 15.1. The van der Waals surface area contributed by atoms with Crippen molar-refractivity contribution in [3.63, 3.8) is 0 Å². The number of likely N-dealkylation sites (tertiary alicyclic amines) is 1. The Kier molecular flexibility index (Phi) is 3.64. The lowest BCUT2D eigenvalue weighted by Crippen LogP contribution is -2.40. The van der Waals surface area contributed by atoms with E-state index in [0.29, 0.717) is 23.3 Å². The van der Waals surface area contributed by atoms with Crippen LogP contribution in [0.4, 0.5) is 5.69 Å². The van der Waals surface area contributed by atoms with Crippen molar-refractivity contribution < 1.29 is 19.1 Å². The molecule has 6 atom stereocenters. The molecule has 1 saturated heterocycles. The molecule has 2 bridgehead atoms. The van der Waals surface area contributed by atoms with Gasteiger partial charge in [-0.1, -0.05) is 18.2 Å². The van der Waals surface area contributed by atoms with Gasteiger partial charge in [-0.05, 0) is 42.2 Å². The van der Waals surface area contributed by atoms with Gasteiger partial charge in [0.2, 0.25) is 17.7 Å². The van der Waals surface area contributed by atoms with Gasteiger partial charge < -0.3 is 10.1 Å². The molecule has 3 amide bonds. The van der Waals surface area contributed by atoms with Crippen LogP contribution in [0, 0.1) is 35.5 Å². The summed E-state index contributed by atoms with van der Waals surface area (Å²) in [5.41, 5.74) is 0.634. The largest absolute Gasteiger partial charge is 0.497 e. The molecule has 27 heavy (non-hydrogen) atoms. The number of ether oxygens (including phenoxy) is 1. The molecule has 2 saturated carbocycles. The number of nitrogens with zero attached hydrogens (tertiary/aromatic N) is 1. The number of anilines is 1. The van der Waals surface area contributed by atoms with Crippen LogP contribution in [0.1, 0.15) is 12.8 Å². The fraction of sp³-hybridized carbons (Fsp3) is 0.476. The van der Waals surface area contributed by atoms with Gasteiger partial charge in [-0.3, -0.25) is 19.3 Å². The number of amides is 3. The van der Waals surface area contributed by atoms with Crippen molar-refractivity contribution in [1.82, 2.24) is 4.90 Å². The van der Waals surface area contributed by atoms with Gasteiger partial charge in [0.25, 0.3) is 0 Å². The van der Waals surface area contributed by atoms with Gasteiger partial charge in [0, 0.05) is 24.7 Å². The predicted octanol–water partition coefficient (Wildman–Crippen LogP) is 2.08. The second-order valence-electron chi connectivity index (χ2n) is 8.01. The van der Waals surface area contributed by atoms with Gasteiger partial charge in [0.05, 0.1) is 18.9 Å². The predicted molar refractivity (Wildman–Crippen MR) is 97.7 cm³/mol. The Balaban J connectivity index is 1.24. The summed E-state index contributed by atoms with van der Waals surface area (Å²) >= 11 is 0. The maximum Gasteiger partial charge on any atom is 0.233 e. The molecule has 6 nitrogen and oxygen atoms in total. The summed E-state index contributed by atoms with van der Waals surface area (Å²) < 4.78 is 5.14. The van der Waals surface area contributed by atoms with E-state index in [-0.39, 0.29) is 54.4 Å². The molecule has 0 spiro atoms. The molecule has 3 fully saturated rings. The second-order valence-corrected chi connectivity index (χ2v) is 8.01. The van der Waals surface area contributed by atoms with E-state index < -0.39 is 0 Å². The summed E-state index contributed by atoms with van der Waals surface area (Å²) in [6.07, 6.45) is 5.57. The highest BCUT2D eigenvalue weighted by Crippen LogP contribution is 2.65. The molecule has 140 valence electrons. The first-order valence-electron chi connectivity index (χ1n) is 9.56. The van der Waals surface area contributed by atoms with Crippen LogP contribution in [0.15, 0.2) is 36.4 Å². The average Bonchev–Trinajstić information content (AvgIpc) is 3.45. The molecule has 6 rings (SSSR count). The fourth-order valence-corrected chi connectivity index (χ4v) is 5.38. The Hall–Kier alpha value is -2.63. The molecular weight excluding hydrogens is 344 g/mol. The van der Waals surface area contributed by atoms with Gasteiger partial charge in [-0.25, -0.2) is 0 Å². The minimum atomic E-state index is -0.220. The molecule has 4 aliphatic carbocycles. The maximum absolute atomic E-state index is 12.9. The lowest BCUT2D eigenvalue weighted by Gasteiger charge is -2.37. The number of rotatable bonds is 5. The van der Waals surface area contributed by atoms with Crippen molar-refractivity contribution in [1.29, 1.82) is 0 Å². The Bertz CT molecular complexity index is 827. The first-order valence-corrected chi connectivity index (χ1v) is 9.56. The van der Waals surface area contributed by atoms with E-state index in [1.54, 1.807) is 31.4 Å². The monoisotopic (exact) mass is 366 g/mol. The minimum absolute atomic E-state index is 0.0797. The third-order valence-electron chi connectivity index (χ3n) is 6.67. The third kappa shape index (κ3) is 2.50. The van der Waals surface area contributed by atoms with Crippen LogP contribution < -0.4 is 10.1 Å². The molecule has 1 heterocycles. The second kappa shape index (κ2) is 5.94. The topological polar surface area (TPSA) is 75.7 Å². The molecule has 1 aromatic carbocycles. The summed E-state index contributed by atoms with van der Waals surface area (Å²) in [6, 6.07) is 7.09. The molecule has 0 radical (unpaired) electrons. The molecular formula is C21H22N2O4. The Morgan fingerprint density at radius 1 is 1.15 bits per heavy atom. The molecule has 1 aliphatic heterocycles. The summed E-state index contributed by atoms with van der Waals surface area (Å²) in [7, 11) is 1.57.